The van der Waals surface area contributed by atoms with Crippen LogP contribution in [0.2, 0.25) is 0 Å². The molecule has 3 heterocycles. The molecule has 0 saturated carbocycles. The van der Waals surface area contributed by atoms with E-state index in [-0.39, 0.29) is 5.91 Å². The van der Waals surface area contributed by atoms with E-state index in [1.165, 1.54) is 4.88 Å². The van der Waals surface area contributed by atoms with Gasteiger partial charge in [-0.2, -0.15) is 5.10 Å². The Bertz CT molecular complexity index is 1170. The number of nitrogens with zero attached hydrogens (tertiary/aromatic N) is 4. The summed E-state index contributed by atoms with van der Waals surface area (Å²) in [7, 11) is 1.79. The maximum atomic E-state index is 13.2. The van der Waals surface area contributed by atoms with Crippen molar-refractivity contribution in [3.63, 3.8) is 0 Å². The van der Waals surface area contributed by atoms with Crippen molar-refractivity contribution in [1.82, 2.24) is 19.7 Å². The van der Waals surface area contributed by atoms with Gasteiger partial charge in [-0.3, -0.25) is 4.79 Å². The molecule has 0 radical (unpaired) electrons. The Labute approximate surface area is 179 Å². The van der Waals surface area contributed by atoms with Gasteiger partial charge in [0.15, 0.2) is 5.65 Å². The zero-order valence-electron chi connectivity index (χ0n) is 17.3. The molecule has 0 spiro atoms. The SMILES string of the molecule is Cc1cc(C(=O)N(C)CCOc2ccccc2C)c2cnn(Cc3cccs3)c2n1. The van der Waals surface area contributed by atoms with Crippen molar-refractivity contribution in [2.75, 3.05) is 20.2 Å². The smallest absolute Gasteiger partial charge is 0.254 e. The Kier molecular flexibility index (Phi) is 5.81. The molecule has 4 rings (SSSR count). The van der Waals surface area contributed by atoms with E-state index in [0.29, 0.717) is 25.3 Å². The van der Waals surface area contributed by atoms with E-state index in [2.05, 4.69) is 16.1 Å². The average molecular weight is 421 g/mol. The van der Waals surface area contributed by atoms with Gasteiger partial charge in [0.2, 0.25) is 0 Å². The lowest BCUT2D eigenvalue weighted by atomic mass is 10.1. The van der Waals surface area contributed by atoms with Gasteiger partial charge in [0.05, 0.1) is 30.2 Å². The summed E-state index contributed by atoms with van der Waals surface area (Å²) in [4.78, 5) is 20.7. The van der Waals surface area contributed by atoms with Crippen molar-refractivity contribution in [3.05, 3.63) is 75.7 Å². The molecule has 0 saturated heterocycles. The molecule has 7 heteroatoms. The number of rotatable bonds is 7. The fourth-order valence-electron chi connectivity index (χ4n) is 3.33. The highest BCUT2D eigenvalue weighted by molar-refractivity contribution is 7.09. The molecule has 1 aromatic carbocycles. The van der Waals surface area contributed by atoms with Crippen LogP contribution in [0, 0.1) is 13.8 Å². The Balaban J connectivity index is 1.51. The minimum Gasteiger partial charge on any atom is -0.491 e. The predicted molar refractivity (Wildman–Crippen MR) is 119 cm³/mol. The van der Waals surface area contributed by atoms with E-state index in [1.54, 1.807) is 29.5 Å². The topological polar surface area (TPSA) is 60.3 Å². The normalized spacial score (nSPS) is 11.0. The zero-order valence-corrected chi connectivity index (χ0v) is 18.1. The quantitative estimate of drug-likeness (QED) is 0.447. The van der Waals surface area contributed by atoms with Crippen molar-refractivity contribution in [2.24, 2.45) is 0 Å². The van der Waals surface area contributed by atoms with E-state index >= 15 is 0 Å². The minimum atomic E-state index is -0.0606. The first-order valence-electron chi connectivity index (χ1n) is 9.82. The van der Waals surface area contributed by atoms with E-state index in [1.807, 2.05) is 60.3 Å². The fourth-order valence-corrected chi connectivity index (χ4v) is 4.02. The molecule has 1 amide bonds. The first kappa shape index (κ1) is 20.1. The molecule has 6 nitrogen and oxygen atoms in total. The molecule has 0 bridgehead atoms. The molecule has 3 aromatic heterocycles. The largest absolute Gasteiger partial charge is 0.491 e. The number of hydrogen-bond donors (Lipinski definition) is 0. The fraction of sp³-hybridized carbons (Fsp3) is 0.261. The highest BCUT2D eigenvalue weighted by Crippen LogP contribution is 2.22. The van der Waals surface area contributed by atoms with Gasteiger partial charge in [0, 0.05) is 17.6 Å². The maximum absolute atomic E-state index is 13.2. The molecular weight excluding hydrogens is 396 g/mol. The van der Waals surface area contributed by atoms with Gasteiger partial charge in [-0.05, 0) is 43.0 Å². The first-order valence-corrected chi connectivity index (χ1v) is 10.7. The van der Waals surface area contributed by atoms with E-state index in [0.717, 1.165) is 28.0 Å². The third kappa shape index (κ3) is 4.21. The number of carbonyl (C=O) groups excluding carboxylic acids is 1. The van der Waals surface area contributed by atoms with Gasteiger partial charge in [-0.25, -0.2) is 9.67 Å². The Hall–Kier alpha value is -3.19. The standard InChI is InChI=1S/C23H24N4O2S/c1-16-7-4-5-9-21(16)29-11-10-26(3)23(28)19-13-17(2)25-22-20(19)14-24-27(22)15-18-8-6-12-30-18/h4-9,12-14H,10-11,15H2,1-3H3. The number of ether oxygens (including phenoxy) is 1. The molecule has 0 fully saturated rings. The summed E-state index contributed by atoms with van der Waals surface area (Å²) in [6, 6.07) is 13.8. The summed E-state index contributed by atoms with van der Waals surface area (Å²) < 4.78 is 7.70. The molecule has 0 unspecified atom stereocenters. The second-order valence-corrected chi connectivity index (χ2v) is 8.30. The average Bonchev–Trinajstić information content (AvgIpc) is 3.39. The van der Waals surface area contributed by atoms with Crippen LogP contribution in [0.3, 0.4) is 0 Å². The Morgan fingerprint density at radius 3 is 2.80 bits per heavy atom. The van der Waals surface area contributed by atoms with Crippen molar-refractivity contribution >= 4 is 28.3 Å². The molecular formula is C23H24N4O2S. The molecule has 0 aliphatic rings. The predicted octanol–water partition coefficient (Wildman–Crippen LogP) is 4.31. The van der Waals surface area contributed by atoms with Gasteiger partial charge in [0.25, 0.3) is 5.91 Å². The van der Waals surface area contributed by atoms with Crippen LogP contribution in [-0.4, -0.2) is 45.8 Å². The van der Waals surface area contributed by atoms with Crippen molar-refractivity contribution in [2.45, 2.75) is 20.4 Å². The number of likely N-dealkylation sites (N-methyl/N-ethyl adjacent to an activating group) is 1. The highest BCUT2D eigenvalue weighted by atomic mass is 32.1. The van der Waals surface area contributed by atoms with Gasteiger partial charge in [-0.15, -0.1) is 11.3 Å². The van der Waals surface area contributed by atoms with E-state index in [9.17, 15) is 4.79 Å². The lowest BCUT2D eigenvalue weighted by Crippen LogP contribution is -2.31. The number of aryl methyl sites for hydroxylation is 2. The summed E-state index contributed by atoms with van der Waals surface area (Å²) in [5, 5.41) is 7.31. The number of aromatic nitrogens is 3. The van der Waals surface area contributed by atoms with Gasteiger partial charge in [0.1, 0.15) is 12.4 Å². The van der Waals surface area contributed by atoms with Crippen molar-refractivity contribution < 1.29 is 9.53 Å². The number of hydrogen-bond acceptors (Lipinski definition) is 5. The van der Waals surface area contributed by atoms with E-state index < -0.39 is 0 Å². The van der Waals surface area contributed by atoms with Crippen LogP contribution in [0.5, 0.6) is 5.75 Å². The molecule has 0 aliphatic carbocycles. The number of fused-ring (bicyclic) bond motifs is 1. The lowest BCUT2D eigenvalue weighted by Gasteiger charge is -2.18. The third-order valence-corrected chi connectivity index (χ3v) is 5.84. The molecule has 0 atom stereocenters. The van der Waals surface area contributed by atoms with Crippen LogP contribution in [0.25, 0.3) is 11.0 Å². The second-order valence-electron chi connectivity index (χ2n) is 7.27. The van der Waals surface area contributed by atoms with Crippen LogP contribution in [-0.2, 0) is 6.54 Å². The summed E-state index contributed by atoms with van der Waals surface area (Å²) >= 11 is 1.68. The van der Waals surface area contributed by atoms with Crippen molar-refractivity contribution in [3.8, 4) is 5.75 Å². The minimum absolute atomic E-state index is 0.0606. The van der Waals surface area contributed by atoms with Crippen LogP contribution in [0.4, 0.5) is 0 Å². The molecule has 4 aromatic rings. The first-order chi connectivity index (χ1) is 14.5. The monoisotopic (exact) mass is 420 g/mol. The van der Waals surface area contributed by atoms with Crippen LogP contribution in [0.15, 0.2) is 54.0 Å². The summed E-state index contributed by atoms with van der Waals surface area (Å²) in [6.07, 6.45) is 1.74. The summed E-state index contributed by atoms with van der Waals surface area (Å²) in [6.45, 7) is 5.47. The number of carbonyl (C=O) groups is 1. The van der Waals surface area contributed by atoms with Gasteiger partial charge >= 0.3 is 0 Å². The van der Waals surface area contributed by atoms with Gasteiger partial charge < -0.3 is 9.64 Å². The number of amides is 1. The number of thiophene rings is 1. The van der Waals surface area contributed by atoms with Crippen molar-refractivity contribution in [1.29, 1.82) is 0 Å². The second kappa shape index (κ2) is 8.67. The molecule has 0 N–H and O–H groups in total. The summed E-state index contributed by atoms with van der Waals surface area (Å²) in [5.41, 5.74) is 3.23. The maximum Gasteiger partial charge on any atom is 0.254 e. The Morgan fingerprint density at radius 2 is 2.03 bits per heavy atom. The number of pyridine rings is 1. The van der Waals surface area contributed by atoms with Crippen LogP contribution < -0.4 is 4.74 Å². The summed E-state index contributed by atoms with van der Waals surface area (Å²) in [5.74, 6) is 0.782. The molecule has 154 valence electrons. The number of benzene rings is 1. The van der Waals surface area contributed by atoms with E-state index in [4.69, 9.17) is 4.74 Å². The van der Waals surface area contributed by atoms with Crippen LogP contribution >= 0.6 is 11.3 Å². The Morgan fingerprint density at radius 1 is 1.20 bits per heavy atom. The van der Waals surface area contributed by atoms with Crippen LogP contribution in [0.1, 0.15) is 26.5 Å². The van der Waals surface area contributed by atoms with Gasteiger partial charge in [-0.1, -0.05) is 24.3 Å². The third-order valence-electron chi connectivity index (χ3n) is 4.98. The zero-order chi connectivity index (χ0) is 21.1. The highest BCUT2D eigenvalue weighted by Gasteiger charge is 2.19. The molecule has 0 aliphatic heterocycles. The number of para-hydroxylation sites is 1. The molecule has 30 heavy (non-hydrogen) atoms. The lowest BCUT2D eigenvalue weighted by molar-refractivity contribution is 0.0775.